The first-order valence-corrected chi connectivity index (χ1v) is 14.1. The van der Waals surface area contributed by atoms with Gasteiger partial charge in [0.05, 0.1) is 34.0 Å². The lowest BCUT2D eigenvalue weighted by atomic mass is 10.0. The van der Waals surface area contributed by atoms with E-state index in [1.807, 2.05) is 29.6 Å². The molecule has 39 heavy (non-hydrogen) atoms. The number of thiophene rings is 1. The predicted octanol–water partition coefficient (Wildman–Crippen LogP) is 4.96. The summed E-state index contributed by atoms with van der Waals surface area (Å²) in [4.78, 5) is 32.7. The fourth-order valence-electron chi connectivity index (χ4n) is 4.32. The van der Waals surface area contributed by atoms with Crippen LogP contribution in [0.1, 0.15) is 41.5 Å². The Morgan fingerprint density at radius 2 is 2.05 bits per heavy atom. The molecule has 3 heterocycles. The Bertz CT molecular complexity index is 1810. The Balaban J connectivity index is 1.60. The van der Waals surface area contributed by atoms with Crippen LogP contribution < -0.4 is 19.6 Å². The molecule has 196 valence electrons. The lowest BCUT2D eigenvalue weighted by Gasteiger charge is -2.23. The minimum absolute atomic E-state index is 0.175. The van der Waals surface area contributed by atoms with E-state index in [2.05, 4.69) is 11.1 Å². The zero-order valence-corrected chi connectivity index (χ0v) is 23.4. The molecule has 2 aromatic heterocycles. The highest BCUT2D eigenvalue weighted by Gasteiger charge is 2.33. The van der Waals surface area contributed by atoms with Gasteiger partial charge < -0.3 is 9.47 Å². The monoisotopic (exact) mass is 575 g/mol. The second kappa shape index (κ2) is 11.4. The van der Waals surface area contributed by atoms with E-state index in [4.69, 9.17) is 21.1 Å². The first-order chi connectivity index (χ1) is 18.9. The van der Waals surface area contributed by atoms with E-state index in [1.54, 1.807) is 54.8 Å². The van der Waals surface area contributed by atoms with Crippen LogP contribution in [0.3, 0.4) is 0 Å². The summed E-state index contributed by atoms with van der Waals surface area (Å²) in [5, 5.41) is 11.8. The van der Waals surface area contributed by atoms with Gasteiger partial charge in [-0.25, -0.2) is 9.79 Å². The van der Waals surface area contributed by atoms with Crippen molar-refractivity contribution in [1.29, 1.82) is 5.26 Å². The topological polar surface area (TPSA) is 93.7 Å². The molecule has 4 aromatic rings. The average molecular weight is 576 g/mol. The highest BCUT2D eigenvalue weighted by molar-refractivity contribution is 7.10. The van der Waals surface area contributed by atoms with E-state index < -0.39 is 12.0 Å². The van der Waals surface area contributed by atoms with Gasteiger partial charge in [-0.15, -0.1) is 11.3 Å². The molecule has 0 aliphatic carbocycles. The van der Waals surface area contributed by atoms with Crippen LogP contribution in [0, 0.1) is 11.3 Å². The maximum Gasteiger partial charge on any atom is 0.338 e. The summed E-state index contributed by atoms with van der Waals surface area (Å²) in [7, 11) is 0. The van der Waals surface area contributed by atoms with Crippen LogP contribution >= 0.6 is 34.3 Å². The zero-order valence-electron chi connectivity index (χ0n) is 21.0. The van der Waals surface area contributed by atoms with Crippen molar-refractivity contribution in [1.82, 2.24) is 4.57 Å². The van der Waals surface area contributed by atoms with Crippen molar-refractivity contribution < 1.29 is 14.3 Å². The van der Waals surface area contributed by atoms with E-state index in [1.165, 1.54) is 22.7 Å². The third-order valence-electron chi connectivity index (χ3n) is 6.11. The Hall–Kier alpha value is -3.97. The van der Waals surface area contributed by atoms with E-state index in [0.717, 1.165) is 10.4 Å². The van der Waals surface area contributed by atoms with Gasteiger partial charge in [-0.05, 0) is 55.6 Å². The van der Waals surface area contributed by atoms with Gasteiger partial charge in [0, 0.05) is 21.0 Å². The minimum Gasteiger partial charge on any atom is -0.488 e. The molecule has 5 rings (SSSR count). The van der Waals surface area contributed by atoms with Crippen molar-refractivity contribution in [3.05, 3.63) is 118 Å². The van der Waals surface area contributed by atoms with Gasteiger partial charge in [-0.3, -0.25) is 9.36 Å². The summed E-state index contributed by atoms with van der Waals surface area (Å²) >= 11 is 9.00. The number of ether oxygens (including phenoxy) is 2. The Kier molecular flexibility index (Phi) is 7.79. The quantitative estimate of drug-likeness (QED) is 0.290. The molecule has 1 aliphatic heterocycles. The van der Waals surface area contributed by atoms with Gasteiger partial charge in [-0.1, -0.05) is 47.2 Å². The maximum atomic E-state index is 13.8. The highest BCUT2D eigenvalue weighted by atomic mass is 35.5. The summed E-state index contributed by atoms with van der Waals surface area (Å²) in [6.07, 6.45) is 1.72. The molecular weight excluding hydrogens is 554 g/mol. The van der Waals surface area contributed by atoms with Crippen molar-refractivity contribution in [2.24, 2.45) is 4.99 Å². The summed E-state index contributed by atoms with van der Waals surface area (Å²) in [6.45, 7) is 3.89. The van der Waals surface area contributed by atoms with Crippen LogP contribution in [0.25, 0.3) is 6.08 Å². The summed E-state index contributed by atoms with van der Waals surface area (Å²) in [5.74, 6) is 0.0192. The molecule has 0 N–H and O–H groups in total. The standard InChI is InChI=1S/C29H22ClN3O4S2/c1-3-36-28(35)25-17(2)32-29-33(26(25)23-9-6-12-38-23)27(34)24(39-29)14-20-13-21(30)10-11-22(20)37-16-19-8-5-4-7-18(19)15-31/h4-14,26H,3,16H2,1-2H3/b24-14-/t26-/m1/s1. The van der Waals surface area contributed by atoms with Crippen LogP contribution in [0.4, 0.5) is 0 Å². The number of hydrogen-bond acceptors (Lipinski definition) is 8. The molecule has 10 heteroatoms. The maximum absolute atomic E-state index is 13.8. The molecule has 1 aliphatic rings. The lowest BCUT2D eigenvalue weighted by Crippen LogP contribution is -2.39. The van der Waals surface area contributed by atoms with Crippen LogP contribution in [-0.2, 0) is 16.1 Å². The third kappa shape index (κ3) is 5.32. The number of nitrogens with zero attached hydrogens (tertiary/aromatic N) is 3. The molecule has 0 saturated carbocycles. The fraction of sp³-hybridized carbons (Fsp3) is 0.172. The molecule has 0 bridgehead atoms. The number of allylic oxidation sites excluding steroid dienone is 1. The molecule has 0 fully saturated rings. The van der Waals surface area contributed by atoms with Crippen molar-refractivity contribution >= 4 is 46.3 Å². The smallest absolute Gasteiger partial charge is 0.338 e. The van der Waals surface area contributed by atoms with Gasteiger partial charge in [0.1, 0.15) is 18.4 Å². The molecular formula is C29H22ClN3O4S2. The molecule has 0 spiro atoms. The van der Waals surface area contributed by atoms with Crippen LogP contribution in [0.5, 0.6) is 5.75 Å². The van der Waals surface area contributed by atoms with Crippen molar-refractivity contribution in [2.75, 3.05) is 6.61 Å². The van der Waals surface area contributed by atoms with Crippen molar-refractivity contribution in [3.63, 3.8) is 0 Å². The first kappa shape index (κ1) is 26.6. The third-order valence-corrected chi connectivity index (χ3v) is 8.25. The number of benzene rings is 2. The largest absolute Gasteiger partial charge is 0.488 e. The Morgan fingerprint density at radius 3 is 2.79 bits per heavy atom. The summed E-state index contributed by atoms with van der Waals surface area (Å²) in [5.41, 5.74) is 2.47. The van der Waals surface area contributed by atoms with Crippen molar-refractivity contribution in [3.8, 4) is 11.8 Å². The van der Waals surface area contributed by atoms with Gasteiger partial charge >= 0.3 is 5.97 Å². The molecule has 0 saturated heterocycles. The van der Waals surface area contributed by atoms with Gasteiger partial charge in [-0.2, -0.15) is 5.26 Å². The number of thiazole rings is 1. The van der Waals surface area contributed by atoms with Crippen LogP contribution in [-0.4, -0.2) is 17.1 Å². The predicted molar refractivity (Wildman–Crippen MR) is 152 cm³/mol. The molecule has 7 nitrogen and oxygen atoms in total. The molecule has 0 radical (unpaired) electrons. The van der Waals surface area contributed by atoms with Crippen LogP contribution in [0.15, 0.2) is 81.0 Å². The Morgan fingerprint density at radius 1 is 1.23 bits per heavy atom. The number of rotatable bonds is 7. The van der Waals surface area contributed by atoms with Crippen molar-refractivity contribution in [2.45, 2.75) is 26.5 Å². The van der Waals surface area contributed by atoms with Crippen LogP contribution in [0.2, 0.25) is 5.02 Å². The van der Waals surface area contributed by atoms with E-state index in [-0.39, 0.29) is 18.8 Å². The fourth-order valence-corrected chi connectivity index (χ4v) is 6.36. The number of halogens is 1. The second-order valence-corrected chi connectivity index (χ2v) is 11.0. The number of carbonyl (C=O) groups is 1. The number of aromatic nitrogens is 1. The first-order valence-electron chi connectivity index (χ1n) is 12.0. The number of nitriles is 1. The SMILES string of the molecule is CCOC(=O)C1=C(C)N=c2s/c(=C\c3cc(Cl)ccc3OCc3ccccc3C#N)c(=O)n2[C@@H]1c1cccs1. The molecule has 1 atom stereocenters. The van der Waals surface area contributed by atoms with Gasteiger partial charge in [0.25, 0.3) is 5.56 Å². The molecule has 2 aromatic carbocycles. The molecule has 0 amide bonds. The van der Waals surface area contributed by atoms with E-state index in [9.17, 15) is 14.9 Å². The van der Waals surface area contributed by atoms with Gasteiger partial charge in [0.15, 0.2) is 4.80 Å². The zero-order chi connectivity index (χ0) is 27.5. The minimum atomic E-state index is -0.639. The number of fused-ring (bicyclic) bond motifs is 1. The lowest BCUT2D eigenvalue weighted by molar-refractivity contribution is -0.139. The number of hydrogen-bond donors (Lipinski definition) is 0. The summed E-state index contributed by atoms with van der Waals surface area (Å²) in [6, 6.07) is 17.7. The normalized spacial score (nSPS) is 14.9. The van der Waals surface area contributed by atoms with Gasteiger partial charge in [0.2, 0.25) is 0 Å². The number of esters is 1. The number of carbonyl (C=O) groups excluding carboxylic acids is 1. The second-order valence-electron chi connectivity index (χ2n) is 8.56. The van der Waals surface area contributed by atoms with E-state index in [0.29, 0.717) is 42.5 Å². The average Bonchev–Trinajstić information content (AvgIpc) is 3.56. The molecule has 0 unspecified atom stereocenters. The summed E-state index contributed by atoms with van der Waals surface area (Å²) < 4.78 is 13.4. The Labute approximate surface area is 237 Å². The van der Waals surface area contributed by atoms with E-state index >= 15 is 0 Å². The highest BCUT2D eigenvalue weighted by Crippen LogP contribution is 2.33.